The molecule has 1 amide bonds. The van der Waals surface area contributed by atoms with Gasteiger partial charge in [-0.15, -0.1) is 0 Å². The van der Waals surface area contributed by atoms with Crippen LogP contribution in [0.4, 0.5) is 0 Å². The Bertz CT molecular complexity index is 444. The van der Waals surface area contributed by atoms with Crippen LogP contribution in [0, 0.1) is 0 Å². The smallest absolute Gasteiger partial charge is 0.251 e. The standard InChI is InChI=1S/C16H25NO4/c1-4-9-21-14-8-7-12(10-15(14)20-6-3)16(19)17-13(5-2)11-18/h7-8,10,13,18H,4-6,9,11H2,1-3H3,(H,17,19). The summed E-state index contributed by atoms with van der Waals surface area (Å²) in [4.78, 5) is 12.1. The van der Waals surface area contributed by atoms with Crippen LogP contribution in [0.15, 0.2) is 18.2 Å². The van der Waals surface area contributed by atoms with Crippen molar-refractivity contribution in [2.45, 2.75) is 39.7 Å². The molecule has 1 unspecified atom stereocenters. The van der Waals surface area contributed by atoms with E-state index in [9.17, 15) is 4.79 Å². The van der Waals surface area contributed by atoms with Crippen LogP contribution in [0.2, 0.25) is 0 Å². The van der Waals surface area contributed by atoms with Crippen molar-refractivity contribution in [2.75, 3.05) is 19.8 Å². The zero-order chi connectivity index (χ0) is 15.7. The van der Waals surface area contributed by atoms with Crippen LogP contribution in [0.5, 0.6) is 11.5 Å². The number of hydrogen-bond donors (Lipinski definition) is 2. The van der Waals surface area contributed by atoms with Gasteiger partial charge in [0.25, 0.3) is 5.91 Å². The molecule has 1 aromatic carbocycles. The normalized spacial score (nSPS) is 11.8. The Morgan fingerprint density at radius 3 is 2.57 bits per heavy atom. The van der Waals surface area contributed by atoms with Crippen LogP contribution in [-0.4, -0.2) is 36.9 Å². The Hall–Kier alpha value is -1.75. The monoisotopic (exact) mass is 295 g/mol. The molecule has 5 nitrogen and oxygen atoms in total. The predicted octanol–water partition coefficient (Wildman–Crippen LogP) is 2.37. The van der Waals surface area contributed by atoms with Crippen molar-refractivity contribution in [3.05, 3.63) is 23.8 Å². The average Bonchev–Trinajstić information content (AvgIpc) is 2.51. The molecule has 0 bridgehead atoms. The zero-order valence-corrected chi connectivity index (χ0v) is 13.0. The van der Waals surface area contributed by atoms with Gasteiger partial charge >= 0.3 is 0 Å². The fourth-order valence-corrected chi connectivity index (χ4v) is 1.79. The Morgan fingerprint density at radius 1 is 1.24 bits per heavy atom. The van der Waals surface area contributed by atoms with E-state index in [1.165, 1.54) is 0 Å². The highest BCUT2D eigenvalue weighted by atomic mass is 16.5. The Balaban J connectivity index is 2.88. The molecule has 2 N–H and O–H groups in total. The van der Waals surface area contributed by atoms with Gasteiger partial charge in [-0.25, -0.2) is 0 Å². The largest absolute Gasteiger partial charge is 0.490 e. The third-order valence-corrected chi connectivity index (χ3v) is 3.02. The maximum atomic E-state index is 12.1. The number of carbonyl (C=O) groups is 1. The molecule has 1 aromatic rings. The summed E-state index contributed by atoms with van der Waals surface area (Å²) in [7, 11) is 0. The lowest BCUT2D eigenvalue weighted by molar-refractivity contribution is 0.0914. The van der Waals surface area contributed by atoms with Gasteiger partial charge in [-0.1, -0.05) is 13.8 Å². The third-order valence-electron chi connectivity index (χ3n) is 3.02. The lowest BCUT2D eigenvalue weighted by atomic mass is 10.1. The minimum Gasteiger partial charge on any atom is -0.490 e. The molecule has 5 heteroatoms. The first-order valence-electron chi connectivity index (χ1n) is 7.47. The molecular weight excluding hydrogens is 270 g/mol. The number of amides is 1. The molecule has 0 aliphatic heterocycles. The van der Waals surface area contributed by atoms with Gasteiger partial charge in [0, 0.05) is 5.56 Å². The first kappa shape index (κ1) is 17.3. The lowest BCUT2D eigenvalue weighted by Gasteiger charge is -2.16. The van der Waals surface area contributed by atoms with E-state index >= 15 is 0 Å². The number of aliphatic hydroxyl groups excluding tert-OH is 1. The number of ether oxygens (including phenoxy) is 2. The Kier molecular flexibility index (Phi) is 7.61. The van der Waals surface area contributed by atoms with Gasteiger partial charge in [0.1, 0.15) is 0 Å². The van der Waals surface area contributed by atoms with Crippen LogP contribution < -0.4 is 14.8 Å². The summed E-state index contributed by atoms with van der Waals surface area (Å²) in [5, 5.41) is 11.9. The second kappa shape index (κ2) is 9.23. The van der Waals surface area contributed by atoms with Crippen molar-refractivity contribution in [3.8, 4) is 11.5 Å². The maximum absolute atomic E-state index is 12.1. The van der Waals surface area contributed by atoms with E-state index in [4.69, 9.17) is 14.6 Å². The molecule has 0 aliphatic rings. The van der Waals surface area contributed by atoms with E-state index in [0.717, 1.165) is 6.42 Å². The van der Waals surface area contributed by atoms with E-state index in [0.29, 0.717) is 36.7 Å². The second-order valence-electron chi connectivity index (χ2n) is 4.70. The highest BCUT2D eigenvalue weighted by Gasteiger charge is 2.14. The summed E-state index contributed by atoms with van der Waals surface area (Å²) in [5.74, 6) is 0.985. The highest BCUT2D eigenvalue weighted by Crippen LogP contribution is 2.28. The highest BCUT2D eigenvalue weighted by molar-refractivity contribution is 5.95. The van der Waals surface area contributed by atoms with E-state index < -0.39 is 0 Å². The molecule has 0 heterocycles. The van der Waals surface area contributed by atoms with Gasteiger partial charge < -0.3 is 19.9 Å². The molecule has 0 radical (unpaired) electrons. The molecule has 0 spiro atoms. The van der Waals surface area contributed by atoms with Gasteiger partial charge in [0.05, 0.1) is 25.9 Å². The van der Waals surface area contributed by atoms with E-state index in [-0.39, 0.29) is 18.6 Å². The Morgan fingerprint density at radius 2 is 2.00 bits per heavy atom. The van der Waals surface area contributed by atoms with Crippen LogP contribution >= 0.6 is 0 Å². The van der Waals surface area contributed by atoms with Crippen molar-refractivity contribution in [3.63, 3.8) is 0 Å². The molecule has 118 valence electrons. The molecule has 0 aliphatic carbocycles. The summed E-state index contributed by atoms with van der Waals surface area (Å²) in [6, 6.07) is 4.89. The SMILES string of the molecule is CCCOc1ccc(C(=O)NC(CC)CO)cc1OCC. The number of nitrogens with one attached hydrogen (secondary N) is 1. The van der Waals surface area contributed by atoms with E-state index in [1.54, 1.807) is 18.2 Å². The molecule has 0 aromatic heterocycles. The third kappa shape index (κ3) is 5.27. The number of aliphatic hydroxyl groups is 1. The molecule has 21 heavy (non-hydrogen) atoms. The van der Waals surface area contributed by atoms with Crippen molar-refractivity contribution in [1.82, 2.24) is 5.32 Å². The number of hydrogen-bond acceptors (Lipinski definition) is 4. The topological polar surface area (TPSA) is 67.8 Å². The van der Waals surface area contributed by atoms with Crippen LogP contribution in [-0.2, 0) is 0 Å². The lowest BCUT2D eigenvalue weighted by Crippen LogP contribution is -2.36. The van der Waals surface area contributed by atoms with Crippen molar-refractivity contribution in [2.24, 2.45) is 0 Å². The van der Waals surface area contributed by atoms with E-state index in [2.05, 4.69) is 5.32 Å². The summed E-state index contributed by atoms with van der Waals surface area (Å²) >= 11 is 0. The first-order chi connectivity index (χ1) is 10.2. The Labute approximate surface area is 126 Å². The van der Waals surface area contributed by atoms with Gasteiger partial charge in [0.15, 0.2) is 11.5 Å². The van der Waals surface area contributed by atoms with Crippen LogP contribution in [0.3, 0.4) is 0 Å². The molecule has 0 saturated heterocycles. The number of carbonyl (C=O) groups excluding carboxylic acids is 1. The van der Waals surface area contributed by atoms with Crippen LogP contribution in [0.1, 0.15) is 44.0 Å². The average molecular weight is 295 g/mol. The minimum absolute atomic E-state index is 0.0712. The second-order valence-corrected chi connectivity index (χ2v) is 4.70. The molecule has 1 rings (SSSR count). The van der Waals surface area contributed by atoms with E-state index in [1.807, 2.05) is 20.8 Å². The molecule has 1 atom stereocenters. The van der Waals surface area contributed by atoms with Gasteiger partial charge in [-0.05, 0) is 38.0 Å². The molecule has 0 saturated carbocycles. The van der Waals surface area contributed by atoms with Crippen molar-refractivity contribution in [1.29, 1.82) is 0 Å². The summed E-state index contributed by atoms with van der Waals surface area (Å²) < 4.78 is 11.1. The van der Waals surface area contributed by atoms with Crippen molar-refractivity contribution >= 4 is 5.91 Å². The zero-order valence-electron chi connectivity index (χ0n) is 13.0. The predicted molar refractivity (Wildman–Crippen MR) is 82.0 cm³/mol. The number of benzene rings is 1. The molecule has 0 fully saturated rings. The van der Waals surface area contributed by atoms with Gasteiger partial charge in [-0.3, -0.25) is 4.79 Å². The fourth-order valence-electron chi connectivity index (χ4n) is 1.79. The van der Waals surface area contributed by atoms with Gasteiger partial charge in [0.2, 0.25) is 0 Å². The molecular formula is C16H25NO4. The fraction of sp³-hybridized carbons (Fsp3) is 0.562. The quantitative estimate of drug-likeness (QED) is 0.734. The van der Waals surface area contributed by atoms with Gasteiger partial charge in [-0.2, -0.15) is 0 Å². The van der Waals surface area contributed by atoms with Crippen molar-refractivity contribution < 1.29 is 19.4 Å². The maximum Gasteiger partial charge on any atom is 0.251 e. The summed E-state index contributed by atoms with van der Waals surface area (Å²) in [6.45, 7) is 6.86. The summed E-state index contributed by atoms with van der Waals surface area (Å²) in [5.41, 5.74) is 0.495. The van der Waals surface area contributed by atoms with Crippen LogP contribution in [0.25, 0.3) is 0 Å². The first-order valence-corrected chi connectivity index (χ1v) is 7.47. The summed E-state index contributed by atoms with van der Waals surface area (Å²) in [6.07, 6.45) is 1.58. The minimum atomic E-state index is -0.232. The number of rotatable bonds is 9.